The maximum atomic E-state index is 11.6. The second-order valence-electron chi connectivity index (χ2n) is 1.64. The molecule has 0 saturated carbocycles. The molecule has 0 unspecified atom stereocenters. The quantitative estimate of drug-likeness (QED) is 0.300. The van der Waals surface area contributed by atoms with E-state index in [9.17, 15) is 31.3 Å². The summed E-state index contributed by atoms with van der Waals surface area (Å²) in [4.78, 5) is 11.8. The van der Waals surface area contributed by atoms with Crippen molar-refractivity contribution in [2.24, 2.45) is 0 Å². The molecule has 0 aromatic rings. The van der Waals surface area contributed by atoms with Crippen molar-refractivity contribution in [2.75, 3.05) is 0 Å². The Labute approximate surface area is 67.0 Å². The van der Waals surface area contributed by atoms with Gasteiger partial charge in [0.2, 0.25) is 0 Å². The summed E-state index contributed by atoms with van der Waals surface area (Å²) >= 11 is 0. The number of allylic oxidation sites excluding steroid dienone is 1. The third-order valence-electron chi connectivity index (χ3n) is 0.861. The second-order valence-corrected chi connectivity index (χ2v) is 1.64. The van der Waals surface area contributed by atoms with Gasteiger partial charge in [-0.3, -0.25) is 4.94 Å². The number of hydrogen-bond donors (Lipinski definition) is 0. The van der Waals surface area contributed by atoms with Crippen molar-refractivity contribution in [3.05, 3.63) is 17.4 Å². The fourth-order valence-electron chi connectivity index (χ4n) is 0.395. The first-order valence-electron chi connectivity index (χ1n) is 2.51. The van der Waals surface area contributed by atoms with Crippen molar-refractivity contribution in [1.82, 2.24) is 0 Å². The maximum Gasteiger partial charge on any atom is 0.430 e. The Morgan fingerprint density at radius 2 is 1.69 bits per heavy atom. The summed E-state index contributed by atoms with van der Waals surface area (Å²) in [6, 6.07) is 0. The lowest BCUT2D eigenvalue weighted by Gasteiger charge is -2.05. The zero-order valence-corrected chi connectivity index (χ0v) is 5.58. The van der Waals surface area contributed by atoms with Crippen molar-refractivity contribution < 1.29 is 36.2 Å². The molecule has 0 fully saturated rings. The Bertz CT molecular complexity index is 267. The molecular formula is C5F6O2. The highest BCUT2D eigenvalue weighted by Gasteiger charge is 2.42. The third kappa shape index (κ3) is 2.83. The number of alkyl halides is 3. The predicted octanol–water partition coefficient (Wildman–Crippen LogP) is 2.32. The van der Waals surface area contributed by atoms with Crippen molar-refractivity contribution in [1.29, 1.82) is 0 Å². The van der Waals surface area contributed by atoms with E-state index in [0.717, 1.165) is 0 Å². The van der Waals surface area contributed by atoms with Crippen LogP contribution >= 0.6 is 0 Å². The zero-order valence-electron chi connectivity index (χ0n) is 5.58. The molecule has 0 aromatic carbocycles. The summed E-state index contributed by atoms with van der Waals surface area (Å²) in [7, 11) is 0. The third-order valence-corrected chi connectivity index (χ3v) is 0.861. The van der Waals surface area contributed by atoms with E-state index >= 15 is 0 Å². The Balaban J connectivity index is 5.26. The highest BCUT2D eigenvalue weighted by atomic mass is 19.4. The van der Waals surface area contributed by atoms with E-state index in [4.69, 9.17) is 0 Å². The normalized spacial score (nSPS) is 10.3. The number of hydrogen-bond acceptors (Lipinski definition) is 2. The molecule has 0 spiro atoms. The topological polar surface area (TPSA) is 26.3 Å². The monoisotopic (exact) mass is 206 g/mol. The number of rotatable bonds is 2. The SMILES string of the molecule is O=C=C(C(OF)=C(F)F)C(F)(F)F. The van der Waals surface area contributed by atoms with Crippen LogP contribution in [-0.4, -0.2) is 12.1 Å². The molecule has 0 aliphatic heterocycles. The average molecular weight is 206 g/mol. The lowest BCUT2D eigenvalue weighted by atomic mass is 10.2. The first kappa shape index (κ1) is 11.6. The Morgan fingerprint density at radius 1 is 1.23 bits per heavy atom. The zero-order chi connectivity index (χ0) is 10.6. The Kier molecular flexibility index (Phi) is 3.55. The van der Waals surface area contributed by atoms with Gasteiger partial charge in [-0.1, -0.05) is 0 Å². The van der Waals surface area contributed by atoms with Crippen LogP contribution in [0, 0.1) is 0 Å². The lowest BCUT2D eigenvalue weighted by molar-refractivity contribution is -0.123. The fraction of sp³-hybridized carbons (Fsp3) is 0.200. The molecule has 0 saturated heterocycles. The molecule has 8 heteroatoms. The molecule has 0 aliphatic rings. The van der Waals surface area contributed by atoms with Gasteiger partial charge in [0, 0.05) is 4.53 Å². The highest BCUT2D eigenvalue weighted by molar-refractivity contribution is 5.61. The standard InChI is InChI=1S/C5F6O2/c6-4(7)3(13-11)2(1-12)5(8,9)10. The number of halogens is 6. The van der Waals surface area contributed by atoms with Crippen LogP contribution in [0.2, 0.25) is 0 Å². The molecule has 0 atom stereocenters. The van der Waals surface area contributed by atoms with Crippen LogP contribution in [0.15, 0.2) is 17.4 Å². The summed E-state index contributed by atoms with van der Waals surface area (Å²) in [6.45, 7) is 0. The second kappa shape index (κ2) is 3.99. The van der Waals surface area contributed by atoms with Crippen LogP contribution in [0.1, 0.15) is 0 Å². The minimum atomic E-state index is -5.44. The highest BCUT2D eigenvalue weighted by Crippen LogP contribution is 2.32. The van der Waals surface area contributed by atoms with Crippen molar-refractivity contribution in [3.63, 3.8) is 0 Å². The fourth-order valence-corrected chi connectivity index (χ4v) is 0.395. The van der Waals surface area contributed by atoms with Crippen LogP contribution in [-0.2, 0) is 9.74 Å². The molecule has 0 amide bonds. The van der Waals surface area contributed by atoms with Crippen molar-refractivity contribution in [3.8, 4) is 0 Å². The molecule has 0 heterocycles. The molecule has 0 radical (unpaired) electrons. The van der Waals surface area contributed by atoms with E-state index in [0.29, 0.717) is 0 Å². The minimum Gasteiger partial charge on any atom is -0.287 e. The summed E-state index contributed by atoms with van der Waals surface area (Å²) < 4.78 is 68.9. The summed E-state index contributed by atoms with van der Waals surface area (Å²) in [5, 5.41) is 0. The molecule has 0 rings (SSSR count). The van der Waals surface area contributed by atoms with Crippen LogP contribution in [0.5, 0.6) is 0 Å². The van der Waals surface area contributed by atoms with Crippen LogP contribution in [0.25, 0.3) is 0 Å². The minimum absolute atomic E-state index is 0.113. The summed E-state index contributed by atoms with van der Waals surface area (Å²) in [5.41, 5.74) is -2.53. The summed E-state index contributed by atoms with van der Waals surface area (Å²) in [5.74, 6) is -2.36. The van der Waals surface area contributed by atoms with Gasteiger partial charge >= 0.3 is 12.3 Å². The van der Waals surface area contributed by atoms with Gasteiger partial charge < -0.3 is 0 Å². The van der Waals surface area contributed by atoms with Gasteiger partial charge in [0.05, 0.1) is 0 Å². The van der Waals surface area contributed by atoms with Crippen molar-refractivity contribution in [2.45, 2.75) is 6.18 Å². The predicted molar refractivity (Wildman–Crippen MR) is 26.7 cm³/mol. The molecule has 0 aliphatic carbocycles. The smallest absolute Gasteiger partial charge is 0.287 e. The molecule has 0 bridgehead atoms. The van der Waals surface area contributed by atoms with Gasteiger partial charge in [-0.15, -0.1) is 0 Å². The van der Waals surface area contributed by atoms with E-state index in [1.54, 1.807) is 0 Å². The van der Waals surface area contributed by atoms with E-state index in [1.165, 1.54) is 0 Å². The Hall–Kier alpha value is -1.43. The summed E-state index contributed by atoms with van der Waals surface area (Å²) in [6.07, 6.45) is -8.54. The van der Waals surface area contributed by atoms with Crippen LogP contribution in [0.4, 0.5) is 26.5 Å². The molecule has 0 N–H and O–H groups in total. The first-order valence-corrected chi connectivity index (χ1v) is 2.51. The largest absolute Gasteiger partial charge is 0.430 e. The Morgan fingerprint density at radius 3 is 1.77 bits per heavy atom. The van der Waals surface area contributed by atoms with Gasteiger partial charge in [-0.2, -0.15) is 22.0 Å². The van der Waals surface area contributed by atoms with Gasteiger partial charge in [0.25, 0.3) is 5.76 Å². The van der Waals surface area contributed by atoms with Crippen LogP contribution < -0.4 is 0 Å². The first-order chi connectivity index (χ1) is 5.84. The molecule has 2 nitrogen and oxygen atoms in total. The van der Waals surface area contributed by atoms with Crippen molar-refractivity contribution >= 4 is 5.94 Å². The maximum absolute atomic E-state index is 11.6. The lowest BCUT2D eigenvalue weighted by Crippen LogP contribution is -2.15. The van der Waals surface area contributed by atoms with Crippen LogP contribution in [0.3, 0.4) is 0 Å². The van der Waals surface area contributed by atoms with Gasteiger partial charge in [-0.25, -0.2) is 4.79 Å². The van der Waals surface area contributed by atoms with Gasteiger partial charge in [-0.05, 0) is 0 Å². The molecule has 13 heavy (non-hydrogen) atoms. The molecule has 74 valence electrons. The van der Waals surface area contributed by atoms with E-state index in [-0.39, 0.29) is 5.94 Å². The molecular weight excluding hydrogens is 206 g/mol. The van der Waals surface area contributed by atoms with E-state index in [2.05, 4.69) is 4.94 Å². The molecule has 0 aromatic heterocycles. The average Bonchev–Trinajstić information content (AvgIpc) is 1.96. The van der Waals surface area contributed by atoms with E-state index < -0.39 is 23.6 Å². The van der Waals surface area contributed by atoms with Gasteiger partial charge in [0.1, 0.15) is 5.94 Å². The van der Waals surface area contributed by atoms with E-state index in [1.807, 2.05) is 0 Å². The van der Waals surface area contributed by atoms with Gasteiger partial charge in [0.15, 0.2) is 5.57 Å². The number of carbonyl (C=O) groups excluding carboxylic acids is 1.